The third-order valence-electron chi connectivity index (χ3n) is 4.62. The van der Waals surface area contributed by atoms with E-state index >= 15 is 0 Å². The van der Waals surface area contributed by atoms with Crippen LogP contribution in [0.5, 0.6) is 0 Å². The lowest BCUT2D eigenvalue weighted by atomic mass is 9.99. The van der Waals surface area contributed by atoms with Gasteiger partial charge in [-0.15, -0.1) is 0 Å². The summed E-state index contributed by atoms with van der Waals surface area (Å²) in [5.41, 5.74) is 0. The summed E-state index contributed by atoms with van der Waals surface area (Å²) in [6.45, 7) is 7.44. The Kier molecular flexibility index (Phi) is 10.6. The molecule has 0 aromatic carbocycles. The van der Waals surface area contributed by atoms with Crippen LogP contribution in [0.15, 0.2) is 0 Å². The van der Waals surface area contributed by atoms with E-state index in [9.17, 15) is 20.4 Å². The van der Waals surface area contributed by atoms with Crippen molar-refractivity contribution in [3.8, 4) is 0 Å². The molecule has 1 fully saturated rings. The van der Waals surface area contributed by atoms with Crippen molar-refractivity contribution in [3.63, 3.8) is 0 Å². The quantitative estimate of drug-likeness (QED) is 0.288. The van der Waals surface area contributed by atoms with E-state index in [2.05, 4.69) is 4.90 Å². The van der Waals surface area contributed by atoms with Gasteiger partial charge in [-0.05, 0) is 13.1 Å². The molecule has 1 saturated heterocycles. The number of quaternary nitrogens is 1. The fourth-order valence-corrected chi connectivity index (χ4v) is 3.11. The van der Waals surface area contributed by atoms with E-state index in [1.165, 1.54) is 0 Å². The summed E-state index contributed by atoms with van der Waals surface area (Å²) in [7, 11) is 5.90. The Morgan fingerprint density at radius 3 is 2.26 bits per heavy atom. The van der Waals surface area contributed by atoms with Gasteiger partial charge in [-0.25, -0.2) is 0 Å². The lowest BCUT2D eigenvalue weighted by Crippen LogP contribution is -2.60. The van der Waals surface area contributed by atoms with Crippen LogP contribution in [0.4, 0.5) is 0 Å². The molecule has 0 aliphatic carbocycles. The van der Waals surface area contributed by atoms with Gasteiger partial charge in [0, 0.05) is 6.54 Å². The van der Waals surface area contributed by atoms with Crippen LogP contribution in [-0.2, 0) is 14.2 Å². The molecular weight excluding hydrogens is 356 g/mol. The summed E-state index contributed by atoms with van der Waals surface area (Å²) in [5.74, 6) is 0. The highest BCUT2D eigenvalue weighted by molar-refractivity contribution is 4.90. The number of hydrogen-bond acceptors (Lipinski definition) is 8. The molecule has 4 N–H and O–H groups in total. The maximum atomic E-state index is 10.5. The summed E-state index contributed by atoms with van der Waals surface area (Å²) >= 11 is 0. The third-order valence-corrected chi connectivity index (χ3v) is 4.62. The SMILES string of the molecule is CCN(CC)CCOC1C(O)C(O)OC(COCC(O)C[N+](C)(C)C)C1O. The number of hydrogen-bond donors (Lipinski definition) is 4. The van der Waals surface area contributed by atoms with Gasteiger partial charge in [0.05, 0.1) is 41.0 Å². The maximum absolute atomic E-state index is 10.5. The van der Waals surface area contributed by atoms with Crippen LogP contribution in [0.1, 0.15) is 13.8 Å². The Bertz CT molecular complexity index is 404. The maximum Gasteiger partial charge on any atom is 0.184 e. The van der Waals surface area contributed by atoms with Crippen LogP contribution in [0, 0.1) is 0 Å². The highest BCUT2D eigenvalue weighted by Gasteiger charge is 2.44. The number of rotatable bonds is 12. The van der Waals surface area contributed by atoms with Crippen molar-refractivity contribution in [1.82, 2.24) is 4.90 Å². The van der Waals surface area contributed by atoms with Gasteiger partial charge < -0.3 is 44.0 Å². The zero-order chi connectivity index (χ0) is 20.6. The first-order valence-electron chi connectivity index (χ1n) is 9.68. The first kappa shape index (κ1) is 24.7. The number of nitrogens with zero attached hydrogens (tertiary/aromatic N) is 2. The van der Waals surface area contributed by atoms with Gasteiger partial charge >= 0.3 is 0 Å². The molecule has 0 amide bonds. The fraction of sp³-hybridized carbons (Fsp3) is 1.00. The zero-order valence-electron chi connectivity index (χ0n) is 17.3. The van der Waals surface area contributed by atoms with Crippen LogP contribution in [0.2, 0.25) is 0 Å². The Hall–Kier alpha value is -0.360. The molecule has 1 aliphatic heterocycles. The van der Waals surface area contributed by atoms with E-state index in [1.807, 2.05) is 35.0 Å². The normalized spacial score (nSPS) is 30.7. The van der Waals surface area contributed by atoms with Crippen LogP contribution in [0.25, 0.3) is 0 Å². The largest absolute Gasteiger partial charge is 0.387 e. The molecule has 0 saturated carbocycles. The van der Waals surface area contributed by atoms with Gasteiger partial charge in [-0.2, -0.15) is 0 Å². The second-order valence-corrected chi connectivity index (χ2v) is 8.07. The van der Waals surface area contributed by atoms with Gasteiger partial charge in [0.2, 0.25) is 0 Å². The molecule has 1 aliphatic rings. The van der Waals surface area contributed by atoms with Gasteiger partial charge in [-0.3, -0.25) is 0 Å². The Labute approximate surface area is 162 Å². The summed E-state index contributed by atoms with van der Waals surface area (Å²) in [4.78, 5) is 2.16. The van der Waals surface area contributed by atoms with Crippen molar-refractivity contribution >= 4 is 0 Å². The number of aliphatic hydroxyl groups excluding tert-OH is 4. The monoisotopic (exact) mass is 395 g/mol. The minimum Gasteiger partial charge on any atom is -0.387 e. The zero-order valence-corrected chi connectivity index (χ0v) is 17.3. The van der Waals surface area contributed by atoms with Crippen molar-refractivity contribution in [1.29, 1.82) is 0 Å². The summed E-state index contributed by atoms with van der Waals surface area (Å²) in [6, 6.07) is 0. The van der Waals surface area contributed by atoms with Crippen molar-refractivity contribution in [2.75, 3.05) is 67.1 Å². The Morgan fingerprint density at radius 1 is 1.07 bits per heavy atom. The average Bonchev–Trinajstić information content (AvgIpc) is 2.57. The van der Waals surface area contributed by atoms with Crippen LogP contribution in [-0.4, -0.2) is 134 Å². The Morgan fingerprint density at radius 2 is 1.70 bits per heavy atom. The topological polar surface area (TPSA) is 112 Å². The van der Waals surface area contributed by atoms with Crippen molar-refractivity contribution in [3.05, 3.63) is 0 Å². The molecule has 1 rings (SSSR count). The number of likely N-dealkylation sites (N-methyl/N-ethyl adjacent to an activating group) is 2. The van der Waals surface area contributed by atoms with E-state index < -0.39 is 36.8 Å². The average molecular weight is 396 g/mol. The second kappa shape index (κ2) is 11.6. The first-order valence-corrected chi connectivity index (χ1v) is 9.68. The number of aliphatic hydroxyl groups is 4. The predicted octanol–water partition coefficient (Wildman–Crippen LogP) is -1.76. The van der Waals surface area contributed by atoms with Crippen molar-refractivity contribution in [2.24, 2.45) is 0 Å². The molecule has 9 heteroatoms. The van der Waals surface area contributed by atoms with Crippen LogP contribution in [0.3, 0.4) is 0 Å². The van der Waals surface area contributed by atoms with Crippen molar-refractivity contribution < 1.29 is 39.1 Å². The molecule has 6 unspecified atom stereocenters. The third kappa shape index (κ3) is 8.68. The highest BCUT2D eigenvalue weighted by Crippen LogP contribution is 2.23. The molecule has 27 heavy (non-hydrogen) atoms. The van der Waals surface area contributed by atoms with Crippen LogP contribution >= 0.6 is 0 Å². The molecule has 162 valence electrons. The van der Waals surface area contributed by atoms with Gasteiger partial charge in [0.1, 0.15) is 37.1 Å². The molecule has 0 radical (unpaired) electrons. The lowest BCUT2D eigenvalue weighted by molar-refractivity contribution is -0.873. The van der Waals surface area contributed by atoms with Gasteiger partial charge in [0.15, 0.2) is 6.29 Å². The lowest BCUT2D eigenvalue weighted by Gasteiger charge is -2.40. The molecule has 0 aromatic heterocycles. The van der Waals surface area contributed by atoms with Crippen molar-refractivity contribution in [2.45, 2.75) is 50.7 Å². The summed E-state index contributed by atoms with van der Waals surface area (Å²) < 4.78 is 17.0. The molecule has 6 atom stereocenters. The smallest absolute Gasteiger partial charge is 0.184 e. The molecule has 0 bridgehead atoms. The Balaban J connectivity index is 2.49. The molecule has 0 spiro atoms. The van der Waals surface area contributed by atoms with Gasteiger partial charge in [0.25, 0.3) is 0 Å². The predicted molar refractivity (Wildman–Crippen MR) is 100 cm³/mol. The standard InChI is InChI=1S/C18H39N2O7/c1-6-19(7-2)8-9-26-17-15(22)14(27-18(24)16(17)23)12-25-11-13(21)10-20(3,4)5/h13-18,21-24H,6-12H2,1-5H3/q+1. The molecule has 1 heterocycles. The minimum absolute atomic E-state index is 0.0188. The van der Waals surface area contributed by atoms with E-state index in [1.54, 1.807) is 0 Å². The van der Waals surface area contributed by atoms with Crippen LogP contribution < -0.4 is 0 Å². The van der Waals surface area contributed by atoms with E-state index in [0.29, 0.717) is 24.2 Å². The van der Waals surface area contributed by atoms with E-state index in [-0.39, 0.29) is 13.2 Å². The van der Waals surface area contributed by atoms with E-state index in [4.69, 9.17) is 14.2 Å². The summed E-state index contributed by atoms with van der Waals surface area (Å²) in [6.07, 6.45) is -6.40. The first-order chi connectivity index (χ1) is 12.6. The highest BCUT2D eigenvalue weighted by atomic mass is 16.7. The second-order valence-electron chi connectivity index (χ2n) is 8.07. The van der Waals surface area contributed by atoms with E-state index in [0.717, 1.165) is 13.1 Å². The number of ether oxygens (including phenoxy) is 3. The molecule has 0 aromatic rings. The molecule has 9 nitrogen and oxygen atoms in total. The molecular formula is C18H39N2O7+. The minimum atomic E-state index is -1.46. The van der Waals surface area contributed by atoms with Gasteiger partial charge in [-0.1, -0.05) is 13.8 Å². The summed E-state index contributed by atoms with van der Waals surface area (Å²) in [5, 5.41) is 40.5. The fourth-order valence-electron chi connectivity index (χ4n) is 3.11.